The first-order valence-corrected chi connectivity index (χ1v) is 8.52. The molecule has 0 radical (unpaired) electrons. The fourth-order valence-electron chi connectivity index (χ4n) is 2.25. The van der Waals surface area contributed by atoms with Gasteiger partial charge in [0, 0.05) is 23.1 Å². The molecule has 2 aromatic carbocycles. The summed E-state index contributed by atoms with van der Waals surface area (Å²) >= 11 is 1.39. The monoisotopic (exact) mass is 370 g/mol. The van der Waals surface area contributed by atoms with Crippen LogP contribution in [0.15, 0.2) is 53.9 Å². The lowest BCUT2D eigenvalue weighted by molar-refractivity contribution is -0.384. The summed E-state index contributed by atoms with van der Waals surface area (Å²) in [5.41, 5.74) is 2.30. The molecule has 1 N–H and O–H groups in total. The molecule has 0 aliphatic heterocycles. The van der Waals surface area contributed by atoms with Crippen LogP contribution in [0, 0.1) is 10.1 Å². The number of carbonyl (C=O) groups is 1. The van der Waals surface area contributed by atoms with Crippen molar-refractivity contribution in [1.82, 2.24) is 4.98 Å². The van der Waals surface area contributed by atoms with Crippen LogP contribution in [-0.2, 0) is 17.8 Å². The third kappa shape index (κ3) is 4.42. The molecule has 0 unspecified atom stereocenters. The van der Waals surface area contributed by atoms with E-state index >= 15 is 0 Å². The minimum atomic E-state index is -0.906. The van der Waals surface area contributed by atoms with E-state index in [4.69, 9.17) is 9.84 Å². The third-order valence-electron chi connectivity index (χ3n) is 3.54. The van der Waals surface area contributed by atoms with E-state index in [1.54, 1.807) is 29.6 Å². The van der Waals surface area contributed by atoms with Crippen LogP contribution in [0.2, 0.25) is 0 Å². The minimum absolute atomic E-state index is 0.0452. The van der Waals surface area contributed by atoms with Crippen LogP contribution in [0.4, 0.5) is 5.69 Å². The first kappa shape index (κ1) is 17.6. The Morgan fingerprint density at radius 1 is 1.15 bits per heavy atom. The zero-order chi connectivity index (χ0) is 18.5. The number of rotatable bonds is 7. The van der Waals surface area contributed by atoms with E-state index in [-0.39, 0.29) is 12.1 Å². The predicted octanol–water partition coefficient (Wildman–Crippen LogP) is 3.92. The number of hydrogen-bond acceptors (Lipinski definition) is 6. The summed E-state index contributed by atoms with van der Waals surface area (Å²) in [6, 6.07) is 13.5. The first-order chi connectivity index (χ1) is 12.5. The van der Waals surface area contributed by atoms with Crippen LogP contribution in [0.5, 0.6) is 5.75 Å². The number of benzene rings is 2. The lowest BCUT2D eigenvalue weighted by atomic mass is 10.2. The van der Waals surface area contributed by atoms with Gasteiger partial charge in [-0.25, -0.2) is 4.98 Å². The van der Waals surface area contributed by atoms with Gasteiger partial charge < -0.3 is 9.84 Å². The van der Waals surface area contributed by atoms with E-state index in [0.717, 1.165) is 16.1 Å². The summed E-state index contributed by atoms with van der Waals surface area (Å²) in [4.78, 5) is 25.2. The second-order valence-electron chi connectivity index (χ2n) is 5.45. The second-order valence-corrected chi connectivity index (χ2v) is 6.31. The molecule has 26 heavy (non-hydrogen) atoms. The normalized spacial score (nSPS) is 10.5. The summed E-state index contributed by atoms with van der Waals surface area (Å²) in [5.74, 6) is -0.244. The van der Waals surface area contributed by atoms with Crippen molar-refractivity contribution in [3.05, 3.63) is 75.3 Å². The van der Waals surface area contributed by atoms with Gasteiger partial charge >= 0.3 is 5.97 Å². The van der Waals surface area contributed by atoms with Gasteiger partial charge in [0.05, 0.1) is 17.0 Å². The number of thiazole rings is 1. The van der Waals surface area contributed by atoms with Crippen LogP contribution < -0.4 is 4.74 Å². The van der Waals surface area contributed by atoms with Crippen molar-refractivity contribution in [3.63, 3.8) is 0 Å². The molecule has 132 valence electrons. The highest BCUT2D eigenvalue weighted by Crippen LogP contribution is 2.26. The van der Waals surface area contributed by atoms with Crippen molar-refractivity contribution in [2.24, 2.45) is 0 Å². The number of aromatic nitrogens is 1. The molecule has 1 aromatic heterocycles. The number of nitrogens with zero attached hydrogens (tertiary/aromatic N) is 2. The molecule has 0 amide bonds. The van der Waals surface area contributed by atoms with Crippen LogP contribution in [0.3, 0.4) is 0 Å². The molecule has 0 saturated carbocycles. The van der Waals surface area contributed by atoms with Gasteiger partial charge in [-0.3, -0.25) is 14.9 Å². The summed E-state index contributed by atoms with van der Waals surface area (Å²) < 4.78 is 5.68. The molecular weight excluding hydrogens is 356 g/mol. The maximum Gasteiger partial charge on any atom is 0.309 e. The molecule has 1 heterocycles. The van der Waals surface area contributed by atoms with Gasteiger partial charge in [0.15, 0.2) is 0 Å². The SMILES string of the molecule is O=C(O)Cc1csc(-c2ccc(OCc3ccc([N+](=O)[O-])cc3)cc2)n1. The molecule has 0 saturated heterocycles. The van der Waals surface area contributed by atoms with Crippen molar-refractivity contribution in [1.29, 1.82) is 0 Å². The fraction of sp³-hybridized carbons (Fsp3) is 0.111. The smallest absolute Gasteiger partial charge is 0.309 e. The topological polar surface area (TPSA) is 103 Å². The number of nitro groups is 1. The zero-order valence-electron chi connectivity index (χ0n) is 13.5. The van der Waals surface area contributed by atoms with E-state index in [1.165, 1.54) is 23.5 Å². The van der Waals surface area contributed by atoms with E-state index in [2.05, 4.69) is 4.98 Å². The van der Waals surface area contributed by atoms with Crippen molar-refractivity contribution in [3.8, 4) is 16.3 Å². The van der Waals surface area contributed by atoms with Gasteiger partial charge in [0.2, 0.25) is 0 Å². The average molecular weight is 370 g/mol. The van der Waals surface area contributed by atoms with E-state index in [9.17, 15) is 14.9 Å². The van der Waals surface area contributed by atoms with Gasteiger partial charge in [-0.2, -0.15) is 0 Å². The average Bonchev–Trinajstić information content (AvgIpc) is 3.08. The van der Waals surface area contributed by atoms with Crippen molar-refractivity contribution in [2.45, 2.75) is 13.0 Å². The molecule has 7 nitrogen and oxygen atoms in total. The molecule has 3 rings (SSSR count). The molecule has 0 aliphatic rings. The first-order valence-electron chi connectivity index (χ1n) is 7.64. The maximum atomic E-state index is 10.7. The number of ether oxygens (including phenoxy) is 1. The Morgan fingerprint density at radius 3 is 2.46 bits per heavy atom. The van der Waals surface area contributed by atoms with Gasteiger partial charge in [-0.15, -0.1) is 11.3 Å². The largest absolute Gasteiger partial charge is 0.489 e. The summed E-state index contributed by atoms with van der Waals surface area (Å²) in [6.45, 7) is 0.303. The van der Waals surface area contributed by atoms with Gasteiger partial charge in [-0.1, -0.05) is 0 Å². The van der Waals surface area contributed by atoms with Gasteiger partial charge in [-0.05, 0) is 42.0 Å². The molecule has 0 bridgehead atoms. The highest BCUT2D eigenvalue weighted by atomic mass is 32.1. The van der Waals surface area contributed by atoms with Crippen LogP contribution >= 0.6 is 11.3 Å². The molecule has 3 aromatic rings. The Kier molecular flexibility index (Phi) is 5.23. The number of hydrogen-bond donors (Lipinski definition) is 1. The van der Waals surface area contributed by atoms with Crippen molar-refractivity contribution in [2.75, 3.05) is 0 Å². The maximum absolute atomic E-state index is 10.7. The second kappa shape index (κ2) is 7.75. The van der Waals surface area contributed by atoms with Gasteiger partial charge in [0.1, 0.15) is 17.4 Å². The number of non-ortho nitro benzene ring substituents is 1. The summed E-state index contributed by atoms with van der Waals surface area (Å²) in [5, 5.41) is 21.9. The van der Waals surface area contributed by atoms with E-state index < -0.39 is 10.9 Å². The van der Waals surface area contributed by atoms with E-state index in [0.29, 0.717) is 18.1 Å². The minimum Gasteiger partial charge on any atom is -0.489 e. The quantitative estimate of drug-likeness (QED) is 0.499. The Bertz CT molecular complexity index is 920. The highest BCUT2D eigenvalue weighted by molar-refractivity contribution is 7.13. The van der Waals surface area contributed by atoms with Crippen LogP contribution in [-0.4, -0.2) is 21.0 Å². The van der Waals surface area contributed by atoms with Crippen molar-refractivity contribution < 1.29 is 19.6 Å². The third-order valence-corrected chi connectivity index (χ3v) is 4.48. The van der Waals surface area contributed by atoms with Crippen LogP contribution in [0.1, 0.15) is 11.3 Å². The summed E-state index contributed by atoms with van der Waals surface area (Å²) in [7, 11) is 0. The highest BCUT2D eigenvalue weighted by Gasteiger charge is 2.08. The number of nitro benzene ring substituents is 1. The predicted molar refractivity (Wildman–Crippen MR) is 96.3 cm³/mol. The number of aliphatic carboxylic acids is 1. The Morgan fingerprint density at radius 2 is 1.85 bits per heavy atom. The lowest BCUT2D eigenvalue weighted by Gasteiger charge is -2.06. The zero-order valence-corrected chi connectivity index (χ0v) is 14.3. The Labute approximate surface area is 152 Å². The molecule has 0 spiro atoms. The van der Waals surface area contributed by atoms with Crippen LogP contribution in [0.25, 0.3) is 10.6 Å². The molecule has 8 heteroatoms. The molecule has 0 fully saturated rings. The number of carboxylic acids is 1. The Hall–Kier alpha value is -3.26. The standard InChI is InChI=1S/C18H14N2O5S/c21-17(22)9-14-11-26-18(19-14)13-3-7-16(8-4-13)25-10-12-1-5-15(6-2-12)20(23)24/h1-8,11H,9-10H2,(H,21,22). The Balaban J connectivity index is 1.61. The number of carboxylic acid groups (broad SMARTS) is 1. The molecule has 0 aliphatic carbocycles. The van der Waals surface area contributed by atoms with E-state index in [1.807, 2.05) is 12.1 Å². The van der Waals surface area contributed by atoms with Crippen molar-refractivity contribution >= 4 is 23.0 Å². The lowest BCUT2D eigenvalue weighted by Crippen LogP contribution is -1.99. The van der Waals surface area contributed by atoms with Gasteiger partial charge in [0.25, 0.3) is 5.69 Å². The molecule has 0 atom stereocenters. The summed E-state index contributed by atoms with van der Waals surface area (Å²) in [6.07, 6.45) is -0.0903. The fourth-order valence-corrected chi connectivity index (χ4v) is 3.08. The molecular formula is C18H14N2O5S.